The Labute approximate surface area is 105 Å². The molecular weight excluding hydrogens is 232 g/mol. The van der Waals surface area contributed by atoms with Gasteiger partial charge in [-0.3, -0.25) is 0 Å². The fourth-order valence-corrected chi connectivity index (χ4v) is 1.33. The van der Waals surface area contributed by atoms with E-state index in [1.807, 2.05) is 30.3 Å². The van der Waals surface area contributed by atoms with Gasteiger partial charge in [-0.1, -0.05) is 23.3 Å². The Kier molecular flexibility index (Phi) is 4.14. The van der Waals surface area contributed by atoms with Gasteiger partial charge in [-0.05, 0) is 19.1 Å². The summed E-state index contributed by atoms with van der Waals surface area (Å²) in [6.45, 7) is 2.88. The molecule has 0 fully saturated rings. The third-order valence-electron chi connectivity index (χ3n) is 2.22. The number of ether oxygens (including phenoxy) is 1. The lowest BCUT2D eigenvalue weighted by molar-refractivity contribution is 0.331. The Balaban J connectivity index is 1.72. The lowest BCUT2D eigenvalue weighted by Gasteiger charge is -2.05. The number of anilines is 1. The molecule has 0 aliphatic heterocycles. The number of aromatic nitrogens is 2. The molecule has 0 saturated heterocycles. The van der Waals surface area contributed by atoms with E-state index >= 15 is 0 Å². The standard InChI is InChI=1S/C12H16N4O2/c1-9(13)11-15-16-12(18-11)14-7-8-17-10-5-3-2-4-6-10/h2-6,9H,7-8,13H2,1H3,(H,14,16). The largest absolute Gasteiger partial charge is 0.492 e. The van der Waals surface area contributed by atoms with Crippen LogP contribution in [-0.4, -0.2) is 23.3 Å². The van der Waals surface area contributed by atoms with Gasteiger partial charge in [0.05, 0.1) is 12.6 Å². The van der Waals surface area contributed by atoms with Gasteiger partial charge in [-0.15, -0.1) is 5.10 Å². The summed E-state index contributed by atoms with van der Waals surface area (Å²) in [5.41, 5.74) is 5.61. The predicted octanol–water partition coefficient (Wildman–Crippen LogP) is 1.58. The zero-order valence-corrected chi connectivity index (χ0v) is 10.2. The van der Waals surface area contributed by atoms with Gasteiger partial charge in [-0.2, -0.15) is 0 Å². The first-order chi connectivity index (χ1) is 8.75. The molecule has 0 saturated carbocycles. The zero-order valence-electron chi connectivity index (χ0n) is 10.2. The number of para-hydroxylation sites is 1. The molecule has 2 rings (SSSR count). The van der Waals surface area contributed by atoms with E-state index in [0.717, 1.165) is 5.75 Å². The van der Waals surface area contributed by atoms with Crippen molar-refractivity contribution >= 4 is 6.01 Å². The average Bonchev–Trinajstić information content (AvgIpc) is 2.85. The minimum Gasteiger partial charge on any atom is -0.492 e. The first-order valence-electron chi connectivity index (χ1n) is 5.76. The molecule has 6 heteroatoms. The molecule has 6 nitrogen and oxygen atoms in total. The van der Waals surface area contributed by atoms with E-state index < -0.39 is 0 Å². The minimum atomic E-state index is -0.256. The van der Waals surface area contributed by atoms with Crippen molar-refractivity contribution in [1.82, 2.24) is 10.2 Å². The van der Waals surface area contributed by atoms with E-state index in [0.29, 0.717) is 25.1 Å². The first-order valence-corrected chi connectivity index (χ1v) is 5.76. The Hall–Kier alpha value is -2.08. The molecule has 2 aromatic rings. The van der Waals surface area contributed by atoms with E-state index in [9.17, 15) is 0 Å². The van der Waals surface area contributed by atoms with Crippen molar-refractivity contribution in [2.45, 2.75) is 13.0 Å². The molecule has 96 valence electrons. The number of hydrogen-bond donors (Lipinski definition) is 2. The van der Waals surface area contributed by atoms with Gasteiger partial charge in [0.1, 0.15) is 12.4 Å². The Morgan fingerprint density at radius 3 is 2.78 bits per heavy atom. The summed E-state index contributed by atoms with van der Waals surface area (Å²) in [4.78, 5) is 0. The number of nitrogens with one attached hydrogen (secondary N) is 1. The summed E-state index contributed by atoms with van der Waals surface area (Å²) >= 11 is 0. The van der Waals surface area contributed by atoms with Crippen molar-refractivity contribution < 1.29 is 9.15 Å². The maximum Gasteiger partial charge on any atom is 0.315 e. The highest BCUT2D eigenvalue weighted by Crippen LogP contribution is 2.11. The average molecular weight is 248 g/mol. The normalized spacial score (nSPS) is 12.1. The van der Waals surface area contributed by atoms with Gasteiger partial charge in [0.25, 0.3) is 0 Å². The number of nitrogens with two attached hydrogens (primary N) is 1. The van der Waals surface area contributed by atoms with Crippen molar-refractivity contribution in [3.63, 3.8) is 0 Å². The van der Waals surface area contributed by atoms with E-state index in [-0.39, 0.29) is 6.04 Å². The lowest BCUT2D eigenvalue weighted by Crippen LogP contribution is -2.11. The number of nitrogens with zero attached hydrogens (tertiary/aromatic N) is 2. The summed E-state index contributed by atoms with van der Waals surface area (Å²) in [5, 5.41) is 10.6. The van der Waals surface area contributed by atoms with Crippen LogP contribution in [0.3, 0.4) is 0 Å². The molecule has 3 N–H and O–H groups in total. The molecule has 1 aromatic carbocycles. The lowest BCUT2D eigenvalue weighted by atomic mass is 10.3. The molecule has 0 aliphatic rings. The molecule has 0 spiro atoms. The van der Waals surface area contributed by atoms with Gasteiger partial charge in [0.15, 0.2) is 0 Å². The summed E-state index contributed by atoms with van der Waals surface area (Å²) in [7, 11) is 0. The maximum atomic E-state index is 5.61. The minimum absolute atomic E-state index is 0.256. The third kappa shape index (κ3) is 3.46. The summed E-state index contributed by atoms with van der Waals surface area (Å²) < 4.78 is 10.8. The van der Waals surface area contributed by atoms with Crippen LogP contribution in [0.2, 0.25) is 0 Å². The predicted molar refractivity (Wildman–Crippen MR) is 67.3 cm³/mol. The van der Waals surface area contributed by atoms with Gasteiger partial charge in [0, 0.05) is 0 Å². The van der Waals surface area contributed by atoms with Crippen molar-refractivity contribution in [2.24, 2.45) is 5.73 Å². The molecule has 1 atom stereocenters. The van der Waals surface area contributed by atoms with E-state index in [4.69, 9.17) is 14.9 Å². The van der Waals surface area contributed by atoms with Gasteiger partial charge in [0.2, 0.25) is 5.89 Å². The van der Waals surface area contributed by atoms with E-state index in [1.54, 1.807) is 6.92 Å². The fraction of sp³-hybridized carbons (Fsp3) is 0.333. The fourth-order valence-electron chi connectivity index (χ4n) is 1.33. The Morgan fingerprint density at radius 2 is 2.11 bits per heavy atom. The highest BCUT2D eigenvalue weighted by Gasteiger charge is 2.08. The highest BCUT2D eigenvalue weighted by molar-refractivity contribution is 5.21. The SMILES string of the molecule is CC(N)c1nnc(NCCOc2ccccc2)o1. The van der Waals surface area contributed by atoms with Crippen LogP contribution in [0.15, 0.2) is 34.7 Å². The molecule has 1 aromatic heterocycles. The topological polar surface area (TPSA) is 86.2 Å². The quantitative estimate of drug-likeness (QED) is 0.755. The molecule has 1 unspecified atom stereocenters. The molecule has 0 radical (unpaired) electrons. The van der Waals surface area contributed by atoms with Crippen LogP contribution in [0.5, 0.6) is 5.75 Å². The molecule has 1 heterocycles. The van der Waals surface area contributed by atoms with E-state index in [2.05, 4.69) is 15.5 Å². The van der Waals surface area contributed by atoms with Gasteiger partial charge < -0.3 is 20.2 Å². The van der Waals surface area contributed by atoms with Crippen LogP contribution in [0.25, 0.3) is 0 Å². The molecule has 0 aliphatic carbocycles. The third-order valence-corrected chi connectivity index (χ3v) is 2.22. The molecule has 0 amide bonds. The van der Waals surface area contributed by atoms with Crippen molar-refractivity contribution in [3.05, 3.63) is 36.2 Å². The first kappa shape index (κ1) is 12.4. The maximum absolute atomic E-state index is 5.61. The molecule has 0 bridgehead atoms. The smallest absolute Gasteiger partial charge is 0.315 e. The molecule has 18 heavy (non-hydrogen) atoms. The second-order valence-corrected chi connectivity index (χ2v) is 3.82. The van der Waals surface area contributed by atoms with Crippen LogP contribution in [0, 0.1) is 0 Å². The number of rotatable bonds is 6. The number of hydrogen-bond acceptors (Lipinski definition) is 6. The van der Waals surface area contributed by atoms with Crippen LogP contribution in [-0.2, 0) is 0 Å². The Bertz CT molecular complexity index is 470. The van der Waals surface area contributed by atoms with Crippen LogP contribution in [0.4, 0.5) is 6.01 Å². The van der Waals surface area contributed by atoms with Crippen LogP contribution >= 0.6 is 0 Å². The summed E-state index contributed by atoms with van der Waals surface area (Å²) in [6.07, 6.45) is 0. The molecular formula is C12H16N4O2. The Morgan fingerprint density at radius 1 is 1.33 bits per heavy atom. The van der Waals surface area contributed by atoms with Crippen molar-refractivity contribution in [2.75, 3.05) is 18.5 Å². The van der Waals surface area contributed by atoms with Gasteiger partial charge >= 0.3 is 6.01 Å². The van der Waals surface area contributed by atoms with Crippen LogP contribution < -0.4 is 15.8 Å². The second-order valence-electron chi connectivity index (χ2n) is 3.82. The van der Waals surface area contributed by atoms with Crippen molar-refractivity contribution in [1.29, 1.82) is 0 Å². The van der Waals surface area contributed by atoms with Crippen molar-refractivity contribution in [3.8, 4) is 5.75 Å². The summed E-state index contributed by atoms with van der Waals surface area (Å²) in [5.74, 6) is 1.25. The monoisotopic (exact) mass is 248 g/mol. The highest BCUT2D eigenvalue weighted by atomic mass is 16.5. The summed E-state index contributed by atoms with van der Waals surface area (Å²) in [6, 6.07) is 9.71. The number of benzene rings is 1. The zero-order chi connectivity index (χ0) is 12.8. The van der Waals surface area contributed by atoms with E-state index in [1.165, 1.54) is 0 Å². The van der Waals surface area contributed by atoms with Crippen LogP contribution in [0.1, 0.15) is 18.9 Å². The van der Waals surface area contributed by atoms with Gasteiger partial charge in [-0.25, -0.2) is 0 Å². The second kappa shape index (κ2) is 6.02.